The smallest absolute Gasteiger partial charge is 0.142 e. The summed E-state index contributed by atoms with van der Waals surface area (Å²) in [6.07, 6.45) is 3.72. The number of phenols is 2. The Kier molecular flexibility index (Phi) is 2.45. The average molecular weight is 240 g/mol. The Balaban J connectivity index is 1.93. The maximum Gasteiger partial charge on any atom is 0.142 e. The summed E-state index contributed by atoms with van der Waals surface area (Å²) in [7, 11) is 0. The lowest BCUT2D eigenvalue weighted by molar-refractivity contribution is 0.250. The van der Waals surface area contributed by atoms with E-state index in [1.165, 1.54) is 0 Å². The van der Waals surface area contributed by atoms with Gasteiger partial charge in [0, 0.05) is 11.6 Å². The second-order valence-corrected chi connectivity index (χ2v) is 4.21. The Labute approximate surface area is 105 Å². The zero-order chi connectivity index (χ0) is 12.5. The Bertz CT molecular complexity index is 600. The molecule has 0 amide bonds. The normalized spacial score (nSPS) is 17.0. The van der Waals surface area contributed by atoms with Crippen molar-refractivity contribution in [1.29, 1.82) is 0 Å². The molecular weight excluding hydrogens is 228 g/mol. The Hall–Kier alpha value is -2.42. The Morgan fingerprint density at radius 3 is 2.39 bits per heavy atom. The summed E-state index contributed by atoms with van der Waals surface area (Å²) in [4.78, 5) is 0. The fourth-order valence-electron chi connectivity index (χ4n) is 1.97. The Morgan fingerprint density at radius 1 is 0.889 bits per heavy atom. The van der Waals surface area contributed by atoms with Crippen LogP contribution in [0, 0.1) is 0 Å². The first kappa shape index (κ1) is 10.7. The monoisotopic (exact) mass is 240 g/mol. The van der Waals surface area contributed by atoms with E-state index in [0.29, 0.717) is 5.75 Å². The van der Waals surface area contributed by atoms with E-state index >= 15 is 0 Å². The van der Waals surface area contributed by atoms with Gasteiger partial charge < -0.3 is 14.9 Å². The van der Waals surface area contributed by atoms with E-state index in [4.69, 9.17) is 4.74 Å². The minimum Gasteiger partial charge on any atom is -0.508 e. The topological polar surface area (TPSA) is 49.7 Å². The van der Waals surface area contributed by atoms with Crippen LogP contribution in [0.4, 0.5) is 0 Å². The number of rotatable bonds is 1. The van der Waals surface area contributed by atoms with E-state index in [1.807, 2.05) is 30.4 Å². The van der Waals surface area contributed by atoms with Gasteiger partial charge in [0.05, 0.1) is 0 Å². The zero-order valence-corrected chi connectivity index (χ0v) is 9.58. The maximum atomic E-state index is 9.44. The first-order valence-electron chi connectivity index (χ1n) is 5.69. The van der Waals surface area contributed by atoms with Crippen LogP contribution >= 0.6 is 0 Å². The van der Waals surface area contributed by atoms with Gasteiger partial charge >= 0.3 is 0 Å². The van der Waals surface area contributed by atoms with Gasteiger partial charge in [0.1, 0.15) is 23.4 Å². The standard InChI is InChI=1S/C15H12O3/c16-12-5-1-10(2-6-12)14-8-4-11-3-7-13(17)9-15(11)18-14/h1-9,14,16-17H/t14-/m0/s1. The van der Waals surface area contributed by atoms with Crippen molar-refractivity contribution >= 4 is 6.08 Å². The summed E-state index contributed by atoms with van der Waals surface area (Å²) in [5.41, 5.74) is 1.90. The third-order valence-electron chi connectivity index (χ3n) is 2.92. The molecule has 1 heterocycles. The zero-order valence-electron chi connectivity index (χ0n) is 9.58. The molecule has 0 aromatic heterocycles. The molecule has 0 fully saturated rings. The minimum absolute atomic E-state index is 0.188. The molecule has 0 radical (unpaired) electrons. The van der Waals surface area contributed by atoms with Crippen molar-refractivity contribution in [2.75, 3.05) is 0 Å². The van der Waals surface area contributed by atoms with Crippen LogP contribution in [-0.2, 0) is 0 Å². The van der Waals surface area contributed by atoms with Gasteiger partial charge in [-0.15, -0.1) is 0 Å². The molecular formula is C15H12O3. The van der Waals surface area contributed by atoms with Crippen LogP contribution in [0.25, 0.3) is 6.08 Å². The number of benzene rings is 2. The third-order valence-corrected chi connectivity index (χ3v) is 2.92. The molecule has 2 N–H and O–H groups in total. The number of phenolic OH excluding ortho intramolecular Hbond substituents is 2. The van der Waals surface area contributed by atoms with E-state index < -0.39 is 0 Å². The van der Waals surface area contributed by atoms with E-state index in [9.17, 15) is 10.2 Å². The molecule has 0 spiro atoms. The molecule has 0 bridgehead atoms. The van der Waals surface area contributed by atoms with Gasteiger partial charge in [0.25, 0.3) is 0 Å². The van der Waals surface area contributed by atoms with Gasteiger partial charge in [-0.1, -0.05) is 18.2 Å². The molecule has 18 heavy (non-hydrogen) atoms. The third kappa shape index (κ3) is 1.91. The van der Waals surface area contributed by atoms with Crippen molar-refractivity contribution in [1.82, 2.24) is 0 Å². The van der Waals surface area contributed by atoms with E-state index in [0.717, 1.165) is 11.1 Å². The first-order valence-corrected chi connectivity index (χ1v) is 5.69. The van der Waals surface area contributed by atoms with Crippen molar-refractivity contribution < 1.29 is 14.9 Å². The van der Waals surface area contributed by atoms with Crippen molar-refractivity contribution in [2.24, 2.45) is 0 Å². The van der Waals surface area contributed by atoms with Gasteiger partial charge in [0.15, 0.2) is 0 Å². The average Bonchev–Trinajstić information content (AvgIpc) is 2.38. The summed E-state index contributed by atoms with van der Waals surface area (Å²) in [5, 5.41) is 18.7. The van der Waals surface area contributed by atoms with Crippen LogP contribution in [0.2, 0.25) is 0 Å². The molecule has 1 aliphatic heterocycles. The van der Waals surface area contributed by atoms with Crippen LogP contribution in [0.5, 0.6) is 17.2 Å². The summed E-state index contributed by atoms with van der Waals surface area (Å²) < 4.78 is 5.81. The predicted octanol–water partition coefficient (Wildman–Crippen LogP) is 3.24. The van der Waals surface area contributed by atoms with Gasteiger partial charge in [-0.05, 0) is 35.9 Å². The molecule has 3 rings (SSSR count). The molecule has 0 aliphatic carbocycles. The van der Waals surface area contributed by atoms with E-state index in [-0.39, 0.29) is 17.6 Å². The molecule has 90 valence electrons. The van der Waals surface area contributed by atoms with Crippen LogP contribution in [0.15, 0.2) is 48.5 Å². The highest BCUT2D eigenvalue weighted by Gasteiger charge is 2.16. The predicted molar refractivity (Wildman–Crippen MR) is 68.6 cm³/mol. The van der Waals surface area contributed by atoms with Crippen LogP contribution in [0.1, 0.15) is 17.2 Å². The molecule has 1 atom stereocenters. The SMILES string of the molecule is Oc1ccc([C@@H]2C=Cc3ccc(O)cc3O2)cc1. The highest BCUT2D eigenvalue weighted by molar-refractivity contribution is 5.62. The van der Waals surface area contributed by atoms with Crippen LogP contribution in [-0.4, -0.2) is 10.2 Å². The van der Waals surface area contributed by atoms with E-state index in [1.54, 1.807) is 24.3 Å². The second kappa shape index (κ2) is 4.11. The van der Waals surface area contributed by atoms with E-state index in [2.05, 4.69) is 0 Å². The molecule has 3 heteroatoms. The molecule has 2 aromatic carbocycles. The van der Waals surface area contributed by atoms with Crippen molar-refractivity contribution in [3.63, 3.8) is 0 Å². The summed E-state index contributed by atoms with van der Waals surface area (Å²) >= 11 is 0. The lowest BCUT2D eigenvalue weighted by Gasteiger charge is -2.21. The van der Waals surface area contributed by atoms with Gasteiger partial charge in [-0.25, -0.2) is 0 Å². The first-order chi connectivity index (χ1) is 8.72. The van der Waals surface area contributed by atoms with Gasteiger partial charge in [-0.2, -0.15) is 0 Å². The molecule has 0 unspecified atom stereocenters. The van der Waals surface area contributed by atoms with Gasteiger partial charge in [-0.3, -0.25) is 0 Å². The number of ether oxygens (including phenoxy) is 1. The highest BCUT2D eigenvalue weighted by atomic mass is 16.5. The summed E-state index contributed by atoms with van der Waals surface area (Å²) in [6.45, 7) is 0. The molecule has 3 nitrogen and oxygen atoms in total. The number of aromatic hydroxyl groups is 2. The number of hydrogen-bond donors (Lipinski definition) is 2. The quantitative estimate of drug-likeness (QED) is 0.804. The largest absolute Gasteiger partial charge is 0.508 e. The van der Waals surface area contributed by atoms with Crippen molar-refractivity contribution in [2.45, 2.75) is 6.10 Å². The number of fused-ring (bicyclic) bond motifs is 1. The lowest BCUT2D eigenvalue weighted by Crippen LogP contribution is -2.08. The fraction of sp³-hybridized carbons (Fsp3) is 0.0667. The molecule has 1 aliphatic rings. The summed E-state index contributed by atoms with van der Waals surface area (Å²) in [6, 6.07) is 11.9. The lowest BCUT2D eigenvalue weighted by atomic mass is 10.0. The fourth-order valence-corrected chi connectivity index (χ4v) is 1.97. The highest BCUT2D eigenvalue weighted by Crippen LogP contribution is 2.34. The molecule has 0 saturated carbocycles. The minimum atomic E-state index is -0.195. The molecule has 0 saturated heterocycles. The van der Waals surface area contributed by atoms with Crippen LogP contribution < -0.4 is 4.74 Å². The van der Waals surface area contributed by atoms with Crippen LogP contribution in [0.3, 0.4) is 0 Å². The van der Waals surface area contributed by atoms with Crippen molar-refractivity contribution in [3.05, 3.63) is 59.7 Å². The van der Waals surface area contributed by atoms with Crippen molar-refractivity contribution in [3.8, 4) is 17.2 Å². The summed E-state index contributed by atoms with van der Waals surface area (Å²) in [5.74, 6) is 1.08. The molecule has 2 aromatic rings. The number of hydrogen-bond acceptors (Lipinski definition) is 3. The second-order valence-electron chi connectivity index (χ2n) is 4.21. The van der Waals surface area contributed by atoms with Gasteiger partial charge in [0.2, 0.25) is 0 Å². The maximum absolute atomic E-state index is 9.44. The Morgan fingerprint density at radius 2 is 1.61 bits per heavy atom.